The Bertz CT molecular complexity index is 952. The molecule has 0 amide bonds. The number of likely N-dealkylation sites (tertiary alicyclic amines) is 1. The molecular formula is C26H44N6OSSn. The molecule has 3 heterocycles. The van der Waals surface area contributed by atoms with Crippen LogP contribution in [0.25, 0.3) is 15.3 Å². The van der Waals surface area contributed by atoms with Crippen LogP contribution < -0.4 is 2.89 Å². The van der Waals surface area contributed by atoms with Crippen molar-refractivity contribution in [3.8, 4) is 0 Å². The van der Waals surface area contributed by atoms with Gasteiger partial charge in [-0.3, -0.25) is 0 Å². The number of thiazole rings is 1. The van der Waals surface area contributed by atoms with E-state index in [2.05, 4.69) is 51.3 Å². The third kappa shape index (κ3) is 7.46. The van der Waals surface area contributed by atoms with Gasteiger partial charge in [-0.25, -0.2) is 0 Å². The van der Waals surface area contributed by atoms with Crippen LogP contribution in [0.4, 0.5) is 0 Å². The average Bonchev–Trinajstić information content (AvgIpc) is 3.48. The Hall–Kier alpha value is -1.09. The number of Topliss-reactive ketones (excluding diaryl/α,β-unsaturated/α-hetero) is 1. The number of rotatable bonds is 16. The van der Waals surface area contributed by atoms with Crippen LogP contribution in [-0.2, 0) is 0 Å². The van der Waals surface area contributed by atoms with Crippen molar-refractivity contribution in [1.82, 2.24) is 14.3 Å². The van der Waals surface area contributed by atoms with Gasteiger partial charge in [0, 0.05) is 4.91 Å². The van der Waals surface area contributed by atoms with Gasteiger partial charge in [0.25, 0.3) is 0 Å². The van der Waals surface area contributed by atoms with E-state index in [0.29, 0.717) is 12.2 Å². The Morgan fingerprint density at radius 1 is 1.11 bits per heavy atom. The first-order valence-electron chi connectivity index (χ1n) is 13.8. The van der Waals surface area contributed by atoms with Gasteiger partial charge in [0.05, 0.1) is 0 Å². The second kappa shape index (κ2) is 14.6. The van der Waals surface area contributed by atoms with Crippen LogP contribution >= 0.6 is 11.3 Å². The Balaban J connectivity index is 1.75. The number of imidazole rings is 1. The van der Waals surface area contributed by atoms with Crippen LogP contribution in [0.3, 0.4) is 0 Å². The van der Waals surface area contributed by atoms with E-state index in [1.54, 1.807) is 2.89 Å². The molecule has 0 aliphatic carbocycles. The number of carbonyl (C=O) groups is 1. The zero-order valence-corrected chi connectivity index (χ0v) is 25.7. The van der Waals surface area contributed by atoms with Crippen LogP contribution in [0.1, 0.15) is 89.0 Å². The van der Waals surface area contributed by atoms with Crippen LogP contribution in [0.5, 0.6) is 0 Å². The van der Waals surface area contributed by atoms with E-state index in [1.807, 2.05) is 17.7 Å². The molecular weight excluding hydrogens is 563 g/mol. The fraction of sp³-hybridized carbons (Fsp3) is 0.769. The first-order chi connectivity index (χ1) is 17.1. The summed E-state index contributed by atoms with van der Waals surface area (Å²) in [5.41, 5.74) is 9.14. The van der Waals surface area contributed by atoms with Gasteiger partial charge in [0.15, 0.2) is 0 Å². The fourth-order valence-corrected chi connectivity index (χ4v) is 25.6. The van der Waals surface area contributed by atoms with Crippen molar-refractivity contribution in [3.63, 3.8) is 0 Å². The van der Waals surface area contributed by atoms with Gasteiger partial charge in [0.2, 0.25) is 0 Å². The molecule has 1 saturated heterocycles. The van der Waals surface area contributed by atoms with Gasteiger partial charge >= 0.3 is 204 Å². The molecule has 0 N–H and O–H groups in total. The topological polar surface area (TPSA) is 86.4 Å². The van der Waals surface area contributed by atoms with Crippen molar-refractivity contribution >= 4 is 43.2 Å². The normalized spacial score (nSPS) is 15.5. The fourth-order valence-electron chi connectivity index (χ4n) is 5.53. The number of aromatic nitrogens is 2. The molecule has 2 aromatic rings. The summed E-state index contributed by atoms with van der Waals surface area (Å²) in [4.78, 5) is 24.5. The summed E-state index contributed by atoms with van der Waals surface area (Å²) >= 11 is -0.593. The quantitative estimate of drug-likeness (QED) is 0.0512. The molecule has 3 rings (SSSR count). The molecule has 0 unspecified atom stereocenters. The number of unbranched alkanes of at least 4 members (excludes halogenated alkanes) is 3. The number of ketones is 1. The van der Waals surface area contributed by atoms with Crippen molar-refractivity contribution in [2.75, 3.05) is 26.2 Å². The van der Waals surface area contributed by atoms with E-state index >= 15 is 0 Å². The zero-order valence-electron chi connectivity index (χ0n) is 22.0. The molecule has 1 fully saturated rings. The van der Waals surface area contributed by atoms with E-state index in [-0.39, 0.29) is 11.7 Å². The first kappa shape index (κ1) is 28.5. The number of nitrogens with zero attached hydrogens (tertiary/aromatic N) is 6. The Kier molecular flexibility index (Phi) is 11.9. The molecule has 0 saturated carbocycles. The molecule has 2 aromatic heterocycles. The third-order valence-electron chi connectivity index (χ3n) is 7.75. The maximum absolute atomic E-state index is 13.5. The number of hydrogen-bond donors (Lipinski definition) is 0. The van der Waals surface area contributed by atoms with Crippen molar-refractivity contribution in [1.29, 1.82) is 0 Å². The minimum atomic E-state index is -2.51. The Labute approximate surface area is 219 Å². The van der Waals surface area contributed by atoms with E-state index in [9.17, 15) is 4.79 Å². The van der Waals surface area contributed by atoms with Crippen molar-refractivity contribution in [2.45, 2.75) is 91.9 Å². The van der Waals surface area contributed by atoms with Gasteiger partial charge in [-0.1, -0.05) is 5.11 Å². The second-order valence-corrected chi connectivity index (χ2v) is 25.5. The van der Waals surface area contributed by atoms with Gasteiger partial charge in [-0.15, -0.1) is 0 Å². The number of piperidine rings is 1. The number of hydrogen-bond acceptors (Lipinski definition) is 5. The Morgan fingerprint density at radius 3 is 2.31 bits per heavy atom. The predicted molar refractivity (Wildman–Crippen MR) is 150 cm³/mol. The molecule has 1 aliphatic heterocycles. The van der Waals surface area contributed by atoms with E-state index < -0.39 is 18.4 Å². The molecule has 0 spiro atoms. The van der Waals surface area contributed by atoms with Crippen molar-refractivity contribution < 1.29 is 4.79 Å². The van der Waals surface area contributed by atoms with E-state index in [0.717, 1.165) is 43.7 Å². The molecule has 7 nitrogen and oxygen atoms in total. The average molecular weight is 607 g/mol. The molecule has 9 heteroatoms. The number of fused-ring (bicyclic) bond motifs is 1. The van der Waals surface area contributed by atoms with Gasteiger partial charge in [-0.05, 0) is 5.53 Å². The maximum atomic E-state index is 13.5. The summed E-state index contributed by atoms with van der Waals surface area (Å²) < 4.78 is 8.18. The monoisotopic (exact) mass is 608 g/mol. The van der Waals surface area contributed by atoms with Crippen LogP contribution in [0, 0.1) is 5.92 Å². The Morgan fingerprint density at radius 2 is 1.74 bits per heavy atom. The summed E-state index contributed by atoms with van der Waals surface area (Å²) in [6, 6.07) is 0. The van der Waals surface area contributed by atoms with Gasteiger partial charge in [-0.2, -0.15) is 0 Å². The summed E-state index contributed by atoms with van der Waals surface area (Å²) in [5.74, 6) is 0.312. The van der Waals surface area contributed by atoms with Crippen molar-refractivity contribution in [3.05, 3.63) is 28.7 Å². The summed E-state index contributed by atoms with van der Waals surface area (Å²) in [5, 5.41) is 3.62. The minimum absolute atomic E-state index is 0.0705. The van der Waals surface area contributed by atoms with Crippen LogP contribution in [0.2, 0.25) is 13.3 Å². The molecule has 194 valence electrons. The third-order valence-corrected chi connectivity index (χ3v) is 27.0. The second-order valence-electron chi connectivity index (χ2n) is 10.3. The molecule has 35 heavy (non-hydrogen) atoms. The molecule has 0 radical (unpaired) electrons. The summed E-state index contributed by atoms with van der Waals surface area (Å²) in [6.07, 6.45) is 14.8. The molecule has 0 aromatic carbocycles. The van der Waals surface area contributed by atoms with Crippen LogP contribution in [0.15, 0.2) is 17.6 Å². The zero-order chi connectivity index (χ0) is 25.1. The first-order valence-corrected chi connectivity index (χ1v) is 22.1. The number of azide groups is 1. The standard InChI is InChI=1S/C14H17N6OS.3C4H9.Sn/c15-18-17-4-1-5-19-6-2-11(3-7-19)13(21)12-14-20(10-16-12)8-9-22-14;3*1-3-4-2;/h8,10-11H,1-7H2;3*1,3-4H2,2H3;. The molecule has 0 bridgehead atoms. The van der Waals surface area contributed by atoms with Gasteiger partial charge < -0.3 is 0 Å². The molecule has 0 atom stereocenters. The van der Waals surface area contributed by atoms with E-state index in [1.165, 1.54) is 51.8 Å². The predicted octanol–water partition coefficient (Wildman–Crippen LogP) is 7.05. The SMILES string of the molecule is CCC[CH2][Sn]([CH2]CCC)([CH2]CCC)[c]1cn2cnc(C(=O)C3CCN(CCCN=[N+]=[N-])CC3)c2s1. The summed E-state index contributed by atoms with van der Waals surface area (Å²) in [6.45, 7) is 10.3. The summed E-state index contributed by atoms with van der Waals surface area (Å²) in [7, 11) is 0. The van der Waals surface area contributed by atoms with E-state index in [4.69, 9.17) is 5.53 Å². The van der Waals surface area contributed by atoms with Gasteiger partial charge in [0.1, 0.15) is 0 Å². The van der Waals surface area contributed by atoms with Crippen molar-refractivity contribution in [2.24, 2.45) is 11.0 Å². The van der Waals surface area contributed by atoms with Crippen LogP contribution in [-0.4, -0.2) is 64.6 Å². The number of carbonyl (C=O) groups excluding carboxylic acids is 1. The molecule has 1 aliphatic rings.